The van der Waals surface area contributed by atoms with Crippen LogP contribution in [0.4, 0.5) is 0 Å². The molecule has 0 heterocycles. The molecule has 0 fully saturated rings. The van der Waals surface area contributed by atoms with Gasteiger partial charge in [0, 0.05) is 13.0 Å². The van der Waals surface area contributed by atoms with Crippen LogP contribution >= 0.6 is 0 Å². The number of hydrogen-bond acceptors (Lipinski definition) is 3. The molecule has 3 N–H and O–H groups in total. The maximum absolute atomic E-state index is 10.8. The van der Waals surface area contributed by atoms with Crippen LogP contribution in [0.3, 0.4) is 0 Å². The van der Waals surface area contributed by atoms with Crippen LogP contribution in [0.5, 0.6) is 0 Å². The second-order valence-electron chi connectivity index (χ2n) is 2.55. The van der Waals surface area contributed by atoms with Crippen LogP contribution in [0.25, 0.3) is 0 Å². The summed E-state index contributed by atoms with van der Waals surface area (Å²) in [6.07, 6.45) is -0.813. The molecule has 0 saturated heterocycles. The van der Waals surface area contributed by atoms with E-state index in [1.54, 1.807) is 0 Å². The number of aliphatic carboxylic acids is 1. The molecule has 1 atom stereocenters. The number of carboxylic acids is 1. The molecule has 5 heteroatoms. The fourth-order valence-electron chi connectivity index (χ4n) is 0.570. The molecule has 0 aromatic carbocycles. The van der Waals surface area contributed by atoms with Gasteiger partial charge in [0.15, 0.2) is 0 Å². The Balaban J connectivity index is 3.40. The minimum Gasteiger partial charge on any atom is -0.481 e. The first-order valence-electron chi connectivity index (χ1n) is 3.69. The Hall–Kier alpha value is -1.10. The van der Waals surface area contributed by atoms with Crippen molar-refractivity contribution < 1.29 is 19.8 Å². The van der Waals surface area contributed by atoms with Gasteiger partial charge in [-0.05, 0) is 6.92 Å². The molecule has 0 aliphatic heterocycles. The van der Waals surface area contributed by atoms with Gasteiger partial charge >= 0.3 is 5.97 Å². The fourth-order valence-corrected chi connectivity index (χ4v) is 0.570. The Bertz CT molecular complexity index is 167. The lowest BCUT2D eigenvalue weighted by atomic mass is 10.3. The van der Waals surface area contributed by atoms with E-state index >= 15 is 0 Å². The third-order valence-corrected chi connectivity index (χ3v) is 1.16. The Kier molecular flexibility index (Phi) is 5.03. The van der Waals surface area contributed by atoms with Crippen molar-refractivity contribution in [3.8, 4) is 0 Å². The minimum absolute atomic E-state index is 0.0396. The van der Waals surface area contributed by atoms with Gasteiger partial charge < -0.3 is 15.5 Å². The maximum atomic E-state index is 10.8. The minimum atomic E-state index is -0.998. The third-order valence-electron chi connectivity index (χ3n) is 1.16. The highest BCUT2D eigenvalue weighted by molar-refractivity contribution is 5.80. The number of carbonyl (C=O) groups excluding carboxylic acids is 1. The van der Waals surface area contributed by atoms with E-state index in [2.05, 4.69) is 5.32 Å². The van der Waals surface area contributed by atoms with Gasteiger partial charge in [0.1, 0.15) is 0 Å². The Labute approximate surface area is 70.4 Å². The first-order valence-corrected chi connectivity index (χ1v) is 3.69. The van der Waals surface area contributed by atoms with Gasteiger partial charge in [0.2, 0.25) is 5.91 Å². The number of amides is 1. The molecule has 1 amide bonds. The molecular formula is C7H13NO4. The largest absolute Gasteiger partial charge is 0.481 e. The van der Waals surface area contributed by atoms with E-state index in [0.29, 0.717) is 0 Å². The summed E-state index contributed by atoms with van der Waals surface area (Å²) in [6.45, 7) is 1.70. The van der Waals surface area contributed by atoms with E-state index in [1.807, 2.05) is 0 Å². The molecule has 0 saturated carbocycles. The molecule has 0 rings (SSSR count). The van der Waals surface area contributed by atoms with Crippen molar-refractivity contribution in [2.75, 3.05) is 6.54 Å². The number of hydrogen-bond donors (Lipinski definition) is 3. The highest BCUT2D eigenvalue weighted by Crippen LogP contribution is 1.88. The van der Waals surface area contributed by atoms with Crippen LogP contribution < -0.4 is 5.32 Å². The first-order chi connectivity index (χ1) is 5.52. The molecule has 0 spiro atoms. The lowest BCUT2D eigenvalue weighted by Gasteiger charge is -2.05. The molecule has 5 nitrogen and oxygen atoms in total. The average Bonchev–Trinajstić information content (AvgIpc) is 1.96. The predicted octanol–water partition coefficient (Wildman–Crippen LogP) is -0.652. The average molecular weight is 175 g/mol. The van der Waals surface area contributed by atoms with E-state index in [9.17, 15) is 9.59 Å². The molecular weight excluding hydrogens is 162 g/mol. The number of carboxylic acid groups (broad SMARTS) is 1. The molecule has 0 aromatic heterocycles. The smallest absolute Gasteiger partial charge is 0.303 e. The van der Waals surface area contributed by atoms with Gasteiger partial charge in [-0.2, -0.15) is 0 Å². The van der Waals surface area contributed by atoms with Crippen LogP contribution in [0.15, 0.2) is 0 Å². The fraction of sp³-hybridized carbons (Fsp3) is 0.714. The summed E-state index contributed by atoms with van der Waals surface area (Å²) < 4.78 is 0. The van der Waals surface area contributed by atoms with Gasteiger partial charge in [-0.15, -0.1) is 0 Å². The van der Waals surface area contributed by atoms with Crippen molar-refractivity contribution in [3.05, 3.63) is 0 Å². The quantitative estimate of drug-likeness (QED) is 0.518. The van der Waals surface area contributed by atoms with Gasteiger partial charge in [-0.1, -0.05) is 0 Å². The van der Waals surface area contributed by atoms with E-state index in [4.69, 9.17) is 10.2 Å². The topological polar surface area (TPSA) is 86.6 Å². The van der Waals surface area contributed by atoms with Crippen LogP contribution in [-0.2, 0) is 9.59 Å². The Morgan fingerprint density at radius 3 is 2.42 bits per heavy atom. The number of aliphatic hydroxyl groups excluding tert-OH is 1. The molecule has 0 bridgehead atoms. The zero-order valence-corrected chi connectivity index (χ0v) is 6.91. The molecule has 70 valence electrons. The van der Waals surface area contributed by atoms with E-state index in [1.165, 1.54) is 6.92 Å². The van der Waals surface area contributed by atoms with Gasteiger partial charge in [-0.3, -0.25) is 9.59 Å². The summed E-state index contributed by atoms with van der Waals surface area (Å²) in [5.41, 5.74) is 0. The molecule has 12 heavy (non-hydrogen) atoms. The molecule has 0 aromatic rings. The van der Waals surface area contributed by atoms with Crippen molar-refractivity contribution in [1.82, 2.24) is 5.32 Å². The summed E-state index contributed by atoms with van der Waals surface area (Å²) in [6, 6.07) is 0. The zero-order chi connectivity index (χ0) is 9.56. The van der Waals surface area contributed by atoms with Crippen molar-refractivity contribution in [3.63, 3.8) is 0 Å². The number of carbonyl (C=O) groups is 2. The summed E-state index contributed by atoms with van der Waals surface area (Å²) in [7, 11) is 0. The van der Waals surface area contributed by atoms with E-state index in [-0.39, 0.29) is 25.3 Å². The highest BCUT2D eigenvalue weighted by atomic mass is 16.4. The molecule has 0 aliphatic carbocycles. The Morgan fingerprint density at radius 2 is 2.00 bits per heavy atom. The number of aliphatic hydroxyl groups is 1. The van der Waals surface area contributed by atoms with Gasteiger partial charge in [0.25, 0.3) is 0 Å². The lowest BCUT2D eigenvalue weighted by molar-refractivity contribution is -0.138. The van der Waals surface area contributed by atoms with Crippen molar-refractivity contribution in [1.29, 1.82) is 0 Å². The molecule has 0 aliphatic rings. The zero-order valence-electron chi connectivity index (χ0n) is 6.91. The molecule has 1 unspecified atom stereocenters. The van der Waals surface area contributed by atoms with Crippen LogP contribution in [0.2, 0.25) is 0 Å². The number of nitrogens with one attached hydrogen (secondary N) is 1. The normalized spacial score (nSPS) is 12.2. The summed E-state index contributed by atoms with van der Waals surface area (Å²) in [5, 5.41) is 19.3. The predicted molar refractivity (Wildman–Crippen MR) is 41.6 cm³/mol. The van der Waals surface area contributed by atoms with Crippen molar-refractivity contribution in [2.45, 2.75) is 25.9 Å². The molecule has 0 radical (unpaired) electrons. The Morgan fingerprint density at radius 1 is 1.42 bits per heavy atom. The third kappa shape index (κ3) is 7.01. The van der Waals surface area contributed by atoms with E-state index < -0.39 is 12.1 Å². The van der Waals surface area contributed by atoms with Crippen LogP contribution in [0, 0.1) is 0 Å². The maximum Gasteiger partial charge on any atom is 0.303 e. The highest BCUT2D eigenvalue weighted by Gasteiger charge is 2.05. The van der Waals surface area contributed by atoms with Crippen molar-refractivity contribution in [2.24, 2.45) is 0 Å². The number of rotatable bonds is 5. The summed E-state index contributed by atoms with van der Waals surface area (Å²) in [4.78, 5) is 20.8. The van der Waals surface area contributed by atoms with Crippen LogP contribution in [0.1, 0.15) is 19.8 Å². The first kappa shape index (κ1) is 10.9. The van der Waals surface area contributed by atoms with Crippen LogP contribution in [-0.4, -0.2) is 34.7 Å². The van der Waals surface area contributed by atoms with Crippen molar-refractivity contribution >= 4 is 11.9 Å². The second kappa shape index (κ2) is 5.54. The summed E-state index contributed by atoms with van der Waals surface area (Å²) in [5.74, 6) is -1.35. The monoisotopic (exact) mass is 175 g/mol. The SMILES string of the molecule is CC(O)CNC(=O)CCC(=O)O. The van der Waals surface area contributed by atoms with E-state index in [0.717, 1.165) is 0 Å². The van der Waals surface area contributed by atoms with Gasteiger partial charge in [0.05, 0.1) is 12.5 Å². The summed E-state index contributed by atoms with van der Waals surface area (Å²) >= 11 is 0. The lowest BCUT2D eigenvalue weighted by Crippen LogP contribution is -2.30. The standard InChI is InChI=1S/C7H13NO4/c1-5(9)4-8-6(10)2-3-7(11)12/h5,9H,2-4H2,1H3,(H,8,10)(H,11,12). The van der Waals surface area contributed by atoms with Gasteiger partial charge in [-0.25, -0.2) is 0 Å². The second-order valence-corrected chi connectivity index (χ2v) is 2.55.